The van der Waals surface area contributed by atoms with Crippen LogP contribution in [-0.2, 0) is 19.1 Å². The van der Waals surface area contributed by atoms with Gasteiger partial charge in [0.05, 0.1) is 12.5 Å². The van der Waals surface area contributed by atoms with Crippen molar-refractivity contribution in [1.82, 2.24) is 0 Å². The summed E-state index contributed by atoms with van der Waals surface area (Å²) in [4.78, 5) is 22.2. The summed E-state index contributed by atoms with van der Waals surface area (Å²) in [5, 5.41) is 0. The first kappa shape index (κ1) is 22.4. The van der Waals surface area contributed by atoms with Crippen LogP contribution in [0.5, 0.6) is 0 Å². The highest BCUT2D eigenvalue weighted by molar-refractivity contribution is 5.67. The number of rotatable bonds is 6. The molecule has 0 N–H and O–H groups in total. The van der Waals surface area contributed by atoms with E-state index in [2.05, 4.69) is 33.8 Å². The van der Waals surface area contributed by atoms with Gasteiger partial charge >= 0.3 is 11.9 Å². The SMILES string of the molecule is CC(=O)O/C=C/C(=C/OC(C)=O)CC[C@@H]1C(C)=CC[C@@H]2C(C)(C)CCC[C@@]12C. The lowest BCUT2D eigenvalue weighted by molar-refractivity contribution is -0.136. The minimum absolute atomic E-state index is 0.298. The highest BCUT2D eigenvalue weighted by atomic mass is 16.5. The van der Waals surface area contributed by atoms with Gasteiger partial charge in [-0.25, -0.2) is 0 Å². The predicted molar refractivity (Wildman–Crippen MR) is 111 cm³/mol. The fourth-order valence-electron chi connectivity index (χ4n) is 5.56. The Morgan fingerprint density at radius 1 is 1.14 bits per heavy atom. The lowest BCUT2D eigenvalue weighted by atomic mass is 9.48. The van der Waals surface area contributed by atoms with E-state index < -0.39 is 0 Å². The van der Waals surface area contributed by atoms with Crippen LogP contribution < -0.4 is 0 Å². The van der Waals surface area contributed by atoms with Gasteiger partial charge in [0.1, 0.15) is 0 Å². The summed E-state index contributed by atoms with van der Waals surface area (Å²) < 4.78 is 10.00. The Kier molecular flexibility index (Phi) is 7.30. The lowest BCUT2D eigenvalue weighted by Gasteiger charge is -2.57. The molecule has 0 unspecified atom stereocenters. The zero-order valence-electron chi connectivity index (χ0n) is 18.3. The molecule has 1 saturated carbocycles. The van der Waals surface area contributed by atoms with E-state index in [1.165, 1.54) is 57.6 Å². The van der Waals surface area contributed by atoms with E-state index >= 15 is 0 Å². The summed E-state index contributed by atoms with van der Waals surface area (Å²) in [7, 11) is 0. The first-order valence-electron chi connectivity index (χ1n) is 10.4. The average Bonchev–Trinajstić information content (AvgIpc) is 2.57. The van der Waals surface area contributed by atoms with Crippen LogP contribution in [0, 0.1) is 22.7 Å². The van der Waals surface area contributed by atoms with Crippen molar-refractivity contribution in [2.75, 3.05) is 0 Å². The Bertz CT molecular complexity index is 683. The minimum Gasteiger partial charge on any atom is -0.435 e. The predicted octanol–water partition coefficient (Wildman–Crippen LogP) is 6.09. The minimum atomic E-state index is -0.367. The summed E-state index contributed by atoms with van der Waals surface area (Å²) in [6.45, 7) is 12.3. The molecule has 2 rings (SSSR count). The van der Waals surface area contributed by atoms with E-state index in [1.807, 2.05) is 0 Å². The van der Waals surface area contributed by atoms with Gasteiger partial charge in [-0.2, -0.15) is 0 Å². The molecule has 3 atom stereocenters. The monoisotopic (exact) mass is 388 g/mol. The number of fused-ring (bicyclic) bond motifs is 1. The number of allylic oxidation sites excluding steroid dienone is 4. The van der Waals surface area contributed by atoms with Crippen LogP contribution in [0.15, 0.2) is 35.8 Å². The second-order valence-electron chi connectivity index (χ2n) is 9.39. The first-order valence-corrected chi connectivity index (χ1v) is 10.4. The molecular formula is C24H36O4. The molecule has 2 aliphatic carbocycles. The van der Waals surface area contributed by atoms with Gasteiger partial charge in [-0.1, -0.05) is 38.8 Å². The van der Waals surface area contributed by atoms with Crippen LogP contribution >= 0.6 is 0 Å². The number of carbonyl (C=O) groups excluding carboxylic acids is 2. The zero-order chi connectivity index (χ0) is 20.9. The molecule has 0 aromatic heterocycles. The summed E-state index contributed by atoms with van der Waals surface area (Å²) in [5.41, 5.74) is 3.00. The van der Waals surface area contributed by atoms with Crippen LogP contribution in [0.4, 0.5) is 0 Å². The second kappa shape index (κ2) is 9.11. The van der Waals surface area contributed by atoms with Crippen molar-refractivity contribution in [2.45, 2.75) is 80.1 Å². The Hall–Kier alpha value is -1.84. The molecular weight excluding hydrogens is 352 g/mol. The van der Waals surface area contributed by atoms with Crippen LogP contribution in [0.3, 0.4) is 0 Å². The van der Waals surface area contributed by atoms with Crippen molar-refractivity contribution >= 4 is 11.9 Å². The molecule has 0 amide bonds. The zero-order valence-corrected chi connectivity index (χ0v) is 18.3. The van der Waals surface area contributed by atoms with Gasteiger partial charge in [0.2, 0.25) is 0 Å². The van der Waals surface area contributed by atoms with E-state index in [0.717, 1.165) is 18.4 Å². The van der Waals surface area contributed by atoms with Gasteiger partial charge in [0.25, 0.3) is 0 Å². The highest BCUT2D eigenvalue weighted by Gasteiger charge is 2.51. The molecule has 0 radical (unpaired) electrons. The molecule has 28 heavy (non-hydrogen) atoms. The number of hydrogen-bond acceptors (Lipinski definition) is 4. The lowest BCUT2D eigenvalue weighted by Crippen LogP contribution is -2.48. The average molecular weight is 389 g/mol. The van der Waals surface area contributed by atoms with Crippen LogP contribution in [-0.4, -0.2) is 11.9 Å². The Morgan fingerprint density at radius 3 is 2.46 bits per heavy atom. The van der Waals surface area contributed by atoms with Crippen LogP contribution in [0.25, 0.3) is 0 Å². The van der Waals surface area contributed by atoms with E-state index in [-0.39, 0.29) is 11.9 Å². The quantitative estimate of drug-likeness (QED) is 0.239. The molecule has 1 fully saturated rings. The molecule has 0 aliphatic heterocycles. The van der Waals surface area contributed by atoms with Gasteiger partial charge in [-0.3, -0.25) is 9.59 Å². The van der Waals surface area contributed by atoms with E-state index in [0.29, 0.717) is 22.7 Å². The maximum absolute atomic E-state index is 11.2. The second-order valence-corrected chi connectivity index (χ2v) is 9.39. The number of esters is 2. The van der Waals surface area contributed by atoms with Crippen LogP contribution in [0.2, 0.25) is 0 Å². The number of ether oxygens (including phenoxy) is 2. The third kappa shape index (κ3) is 5.36. The molecule has 156 valence electrons. The topological polar surface area (TPSA) is 52.6 Å². The highest BCUT2D eigenvalue weighted by Crippen LogP contribution is 2.60. The van der Waals surface area contributed by atoms with E-state index in [4.69, 9.17) is 9.47 Å². The van der Waals surface area contributed by atoms with Crippen LogP contribution in [0.1, 0.15) is 80.1 Å². The van der Waals surface area contributed by atoms with Crippen molar-refractivity contribution in [3.8, 4) is 0 Å². The molecule has 0 bridgehead atoms. The summed E-state index contributed by atoms with van der Waals surface area (Å²) in [5.74, 6) is 0.482. The van der Waals surface area contributed by atoms with Gasteiger partial charge in [-0.15, -0.1) is 0 Å². The first-order chi connectivity index (χ1) is 13.1. The normalized spacial score (nSPS) is 29.8. The Labute approximate surface area is 170 Å². The third-order valence-electron chi connectivity index (χ3n) is 6.91. The summed E-state index contributed by atoms with van der Waals surface area (Å²) in [6, 6.07) is 0. The standard InChI is InChI=1S/C24H36O4/c1-17-8-11-22-23(4,5)13-7-14-24(22,6)21(17)10-9-20(16-28-19(3)26)12-15-27-18(2)25/h8,12,15-16,21-22H,7,9-11,13-14H2,1-6H3/b15-12+,20-16+/t21-,22-,24+/m1/s1. The maximum atomic E-state index is 11.2. The van der Waals surface area contributed by atoms with Crippen molar-refractivity contribution < 1.29 is 19.1 Å². The number of carbonyl (C=O) groups is 2. The molecule has 4 nitrogen and oxygen atoms in total. The third-order valence-corrected chi connectivity index (χ3v) is 6.91. The molecule has 2 aliphatic rings. The van der Waals surface area contributed by atoms with E-state index in [9.17, 15) is 9.59 Å². The van der Waals surface area contributed by atoms with Crippen molar-refractivity contribution in [3.63, 3.8) is 0 Å². The smallest absolute Gasteiger partial charge is 0.307 e. The van der Waals surface area contributed by atoms with Gasteiger partial charge in [-0.05, 0) is 73.3 Å². The summed E-state index contributed by atoms with van der Waals surface area (Å²) in [6.07, 6.45) is 13.8. The summed E-state index contributed by atoms with van der Waals surface area (Å²) >= 11 is 0. The van der Waals surface area contributed by atoms with Crippen molar-refractivity contribution in [2.24, 2.45) is 22.7 Å². The molecule has 0 aromatic rings. The Morgan fingerprint density at radius 2 is 1.82 bits per heavy atom. The Balaban J connectivity index is 2.17. The molecule has 0 saturated heterocycles. The maximum Gasteiger partial charge on any atom is 0.307 e. The fraction of sp³-hybridized carbons (Fsp3) is 0.667. The number of hydrogen-bond donors (Lipinski definition) is 0. The molecule has 4 heteroatoms. The van der Waals surface area contributed by atoms with E-state index in [1.54, 1.807) is 6.08 Å². The fourth-order valence-corrected chi connectivity index (χ4v) is 5.56. The molecule has 0 heterocycles. The molecule has 0 spiro atoms. The van der Waals surface area contributed by atoms with Crippen molar-refractivity contribution in [1.29, 1.82) is 0 Å². The van der Waals surface area contributed by atoms with Crippen molar-refractivity contribution in [3.05, 3.63) is 35.8 Å². The largest absolute Gasteiger partial charge is 0.435 e. The van der Waals surface area contributed by atoms with Gasteiger partial charge in [0.15, 0.2) is 0 Å². The van der Waals surface area contributed by atoms with Gasteiger partial charge in [0, 0.05) is 13.8 Å². The van der Waals surface area contributed by atoms with Gasteiger partial charge < -0.3 is 9.47 Å². The molecule has 0 aromatic carbocycles.